The van der Waals surface area contributed by atoms with E-state index in [-0.39, 0.29) is 22.6 Å². The number of imidazole rings is 2. The zero-order valence-electron chi connectivity index (χ0n) is 28.1. The van der Waals surface area contributed by atoms with Crippen molar-refractivity contribution in [1.82, 2.24) is 38.3 Å². The summed E-state index contributed by atoms with van der Waals surface area (Å²) >= 11 is 11.8. The van der Waals surface area contributed by atoms with Crippen LogP contribution in [0.1, 0.15) is 43.3 Å². The molecule has 7 rings (SSSR count). The van der Waals surface area contributed by atoms with Crippen LogP contribution in [-0.4, -0.2) is 38.3 Å². The van der Waals surface area contributed by atoms with Gasteiger partial charge in [-0.15, -0.1) is 0 Å². The number of nitrogens with two attached hydrogens (primary N) is 1. The Labute approximate surface area is 297 Å². The zero-order chi connectivity index (χ0) is 35.9. The molecule has 0 spiro atoms. The summed E-state index contributed by atoms with van der Waals surface area (Å²) in [5.74, 6) is 1.42. The number of aryl methyl sites for hydroxylation is 4. The number of nitrogens with zero attached hydrogens (tertiary/aromatic N) is 6. The van der Waals surface area contributed by atoms with Crippen LogP contribution in [0.3, 0.4) is 0 Å². The van der Waals surface area contributed by atoms with Gasteiger partial charge in [0.25, 0.3) is 16.7 Å². The molecule has 7 aromatic rings. The first-order valence-electron chi connectivity index (χ1n) is 16.0. The Morgan fingerprint density at radius 3 is 1.88 bits per heavy atom. The Kier molecular flexibility index (Phi) is 11.3. The smallest absolute Gasteiger partial charge is 0.259 e. The first-order valence-corrected chi connectivity index (χ1v) is 16.7. The number of halogens is 2. The number of rotatable bonds is 6. The van der Waals surface area contributed by atoms with E-state index in [9.17, 15) is 14.4 Å². The Balaban J connectivity index is 0.000000159. The zero-order valence-corrected chi connectivity index (χ0v) is 29.6. The maximum atomic E-state index is 12.3. The topological polar surface area (TPSA) is 161 Å². The number of aromatic amines is 2. The van der Waals surface area contributed by atoms with Crippen molar-refractivity contribution in [1.29, 1.82) is 0 Å². The molecular formula is C36H37Cl2N9O3. The summed E-state index contributed by atoms with van der Waals surface area (Å²) in [4.78, 5) is 52.8. The van der Waals surface area contributed by atoms with E-state index < -0.39 is 0 Å². The van der Waals surface area contributed by atoms with Gasteiger partial charge in [0.05, 0.1) is 11.4 Å². The van der Waals surface area contributed by atoms with Crippen molar-refractivity contribution in [2.45, 2.75) is 53.5 Å². The molecule has 258 valence electrons. The molecule has 2 aromatic carbocycles. The van der Waals surface area contributed by atoms with Crippen LogP contribution in [0, 0.1) is 20.8 Å². The fourth-order valence-corrected chi connectivity index (χ4v) is 5.48. The van der Waals surface area contributed by atoms with Gasteiger partial charge in [0, 0.05) is 75.4 Å². The van der Waals surface area contributed by atoms with Gasteiger partial charge in [-0.25, -0.2) is 15.0 Å². The van der Waals surface area contributed by atoms with Crippen molar-refractivity contribution in [3.05, 3.63) is 137 Å². The third-order valence-electron chi connectivity index (χ3n) is 7.67. The summed E-state index contributed by atoms with van der Waals surface area (Å²) < 4.78 is 5.25. The highest BCUT2D eigenvalue weighted by Gasteiger charge is 2.12. The van der Waals surface area contributed by atoms with Crippen molar-refractivity contribution in [2.75, 3.05) is 5.73 Å². The molecular weight excluding hydrogens is 677 g/mol. The Morgan fingerprint density at radius 1 is 0.720 bits per heavy atom. The molecule has 12 nitrogen and oxygen atoms in total. The molecule has 0 saturated carbocycles. The molecule has 50 heavy (non-hydrogen) atoms. The summed E-state index contributed by atoms with van der Waals surface area (Å²) in [7, 11) is 0. The van der Waals surface area contributed by atoms with Gasteiger partial charge in [0.1, 0.15) is 0 Å². The number of hydrogen-bond acceptors (Lipinski definition) is 7. The maximum Gasteiger partial charge on any atom is 0.259 e. The van der Waals surface area contributed by atoms with Gasteiger partial charge < -0.3 is 15.3 Å². The van der Waals surface area contributed by atoms with Gasteiger partial charge in [-0.1, -0.05) is 67.2 Å². The van der Waals surface area contributed by atoms with Crippen LogP contribution in [0.4, 0.5) is 5.95 Å². The summed E-state index contributed by atoms with van der Waals surface area (Å²) in [6.07, 6.45) is 6.94. The molecule has 0 bridgehead atoms. The Bertz CT molecular complexity index is 2400. The number of aromatic nitrogens is 8. The molecule has 0 saturated heterocycles. The second-order valence-electron chi connectivity index (χ2n) is 11.7. The van der Waals surface area contributed by atoms with Crippen LogP contribution in [0.5, 0.6) is 0 Å². The van der Waals surface area contributed by atoms with Crippen molar-refractivity contribution in [3.63, 3.8) is 0 Å². The van der Waals surface area contributed by atoms with E-state index in [4.69, 9.17) is 33.9 Å². The Hall–Kier alpha value is -5.46. The molecule has 5 heterocycles. The molecule has 0 radical (unpaired) electrons. The summed E-state index contributed by atoms with van der Waals surface area (Å²) in [5.41, 5.74) is 10.6. The average molecular weight is 715 g/mol. The lowest BCUT2D eigenvalue weighted by Crippen LogP contribution is -2.18. The number of fused-ring (bicyclic) bond motifs is 2. The normalized spacial score (nSPS) is 10.8. The highest BCUT2D eigenvalue weighted by Crippen LogP contribution is 2.22. The van der Waals surface area contributed by atoms with E-state index in [1.54, 1.807) is 48.0 Å². The lowest BCUT2D eigenvalue weighted by atomic mass is 10.2. The molecule has 0 amide bonds. The lowest BCUT2D eigenvalue weighted by molar-refractivity contribution is 0.590. The minimum atomic E-state index is -0.208. The highest BCUT2D eigenvalue weighted by atomic mass is 35.5. The fourth-order valence-electron chi connectivity index (χ4n) is 5.23. The molecule has 0 aliphatic carbocycles. The van der Waals surface area contributed by atoms with Crippen molar-refractivity contribution >= 4 is 40.7 Å². The maximum absolute atomic E-state index is 12.3. The van der Waals surface area contributed by atoms with E-state index in [2.05, 4.69) is 31.4 Å². The lowest BCUT2D eigenvalue weighted by Gasteiger charge is -2.11. The van der Waals surface area contributed by atoms with E-state index >= 15 is 0 Å². The van der Waals surface area contributed by atoms with Gasteiger partial charge in [-0.2, -0.15) is 0 Å². The summed E-state index contributed by atoms with van der Waals surface area (Å²) in [6, 6.07) is 19.5. The highest BCUT2D eigenvalue weighted by molar-refractivity contribution is 6.30. The second-order valence-corrected chi connectivity index (χ2v) is 12.5. The molecule has 0 unspecified atom stereocenters. The monoisotopic (exact) mass is 713 g/mol. The minimum absolute atomic E-state index is 0.0445. The van der Waals surface area contributed by atoms with Gasteiger partial charge in [0.2, 0.25) is 17.5 Å². The fraction of sp³-hybridized carbons (Fsp3) is 0.222. The first-order chi connectivity index (χ1) is 23.9. The SMILES string of the molecule is CCCCCn1c(C)cc(=O)n2cc(-c3ccc(Cl)cc3)nc12.Cc1cc(=O)[nH]c(N)n1.Cc1cc(=O)n2cc(-c3ccc(Cl)cc3)nc2[nH]1. The van der Waals surface area contributed by atoms with Gasteiger partial charge in [-0.05, 0) is 51.5 Å². The number of unbranched alkanes of at least 4 members (excludes halogenated alkanes) is 2. The quantitative estimate of drug-likeness (QED) is 0.163. The van der Waals surface area contributed by atoms with Crippen LogP contribution in [0.25, 0.3) is 34.1 Å². The van der Waals surface area contributed by atoms with E-state index in [0.29, 0.717) is 27.3 Å². The van der Waals surface area contributed by atoms with Crippen LogP contribution < -0.4 is 22.4 Å². The van der Waals surface area contributed by atoms with Crippen molar-refractivity contribution in [2.24, 2.45) is 0 Å². The number of nitrogens with one attached hydrogen (secondary N) is 2. The molecule has 0 aliphatic heterocycles. The van der Waals surface area contributed by atoms with E-state index in [1.807, 2.05) is 50.2 Å². The van der Waals surface area contributed by atoms with Gasteiger partial charge in [0.15, 0.2) is 0 Å². The predicted molar refractivity (Wildman–Crippen MR) is 199 cm³/mol. The number of benzene rings is 2. The van der Waals surface area contributed by atoms with E-state index in [1.165, 1.54) is 23.3 Å². The molecule has 5 aromatic heterocycles. The predicted octanol–water partition coefficient (Wildman–Crippen LogP) is 6.63. The van der Waals surface area contributed by atoms with Crippen molar-refractivity contribution in [3.8, 4) is 22.5 Å². The summed E-state index contributed by atoms with van der Waals surface area (Å²) in [6.45, 7) is 8.57. The molecule has 0 fully saturated rings. The van der Waals surface area contributed by atoms with Crippen LogP contribution in [-0.2, 0) is 6.54 Å². The summed E-state index contributed by atoms with van der Waals surface area (Å²) in [5, 5.41) is 1.36. The molecule has 0 atom stereocenters. The third kappa shape index (κ3) is 8.76. The standard InChI is InChI=1S/C18H20ClN3O.C13H10ClN3O.C5H7N3O/c1-3-4-5-10-21-13(2)11-17(23)22-12-16(20-18(21)22)14-6-8-15(19)9-7-14;1-8-6-12(18)17-7-11(16-13(17)15-8)9-2-4-10(14)5-3-9;1-3-2-4(9)8-5(6)7-3/h6-9,11-12H,3-5,10H2,1-2H3;2-7H,1H3,(H,15,16);2H,1H3,(H3,6,7,8,9). The number of hydrogen-bond donors (Lipinski definition) is 3. The molecule has 0 aliphatic rings. The number of nitrogen functional groups attached to an aromatic ring is 1. The van der Waals surface area contributed by atoms with Crippen LogP contribution >= 0.6 is 23.2 Å². The molecule has 4 N–H and O–H groups in total. The average Bonchev–Trinajstić information content (AvgIpc) is 3.69. The number of H-pyrrole nitrogens is 2. The second kappa shape index (κ2) is 15.8. The molecule has 14 heteroatoms. The third-order valence-corrected chi connectivity index (χ3v) is 8.17. The minimum Gasteiger partial charge on any atom is -0.369 e. The van der Waals surface area contributed by atoms with Crippen molar-refractivity contribution < 1.29 is 0 Å². The number of anilines is 1. The Morgan fingerprint density at radius 2 is 1.30 bits per heavy atom. The largest absolute Gasteiger partial charge is 0.369 e. The first kappa shape index (κ1) is 35.8. The van der Waals surface area contributed by atoms with Crippen LogP contribution in [0.2, 0.25) is 10.0 Å². The van der Waals surface area contributed by atoms with Crippen LogP contribution in [0.15, 0.2) is 93.5 Å². The van der Waals surface area contributed by atoms with Gasteiger partial charge >= 0.3 is 0 Å². The van der Waals surface area contributed by atoms with Gasteiger partial charge in [-0.3, -0.25) is 28.2 Å². The van der Waals surface area contributed by atoms with E-state index in [0.717, 1.165) is 46.9 Å².